The first-order valence-corrected chi connectivity index (χ1v) is 5.99. The second-order valence-electron chi connectivity index (χ2n) is 3.49. The van der Waals surface area contributed by atoms with Crippen molar-refractivity contribution in [3.05, 3.63) is 28.5 Å². The first-order valence-electron chi connectivity index (χ1n) is 5.20. The number of nitrogens with zero attached hydrogens (tertiary/aromatic N) is 1. The largest absolute Gasteiger partial charge is 0.480 e. The summed E-state index contributed by atoms with van der Waals surface area (Å²) in [5.74, 6) is -1.47. The molecule has 5 nitrogen and oxygen atoms in total. The normalized spacial score (nSPS) is 11.9. The molecule has 2 N–H and O–H groups in total. The summed E-state index contributed by atoms with van der Waals surface area (Å²) in [5, 5.41) is 11.4. The fourth-order valence-corrected chi connectivity index (χ4v) is 1.77. The highest BCUT2D eigenvalue weighted by Gasteiger charge is 2.20. The van der Waals surface area contributed by atoms with Crippen molar-refractivity contribution >= 4 is 27.8 Å². The minimum atomic E-state index is -1.03. The van der Waals surface area contributed by atoms with Gasteiger partial charge in [0, 0.05) is 6.20 Å². The lowest BCUT2D eigenvalue weighted by Crippen LogP contribution is -2.40. The molecular weight excluding hydrogens is 288 g/mol. The molecule has 0 aliphatic rings. The number of pyridine rings is 1. The molecule has 0 aliphatic heterocycles. The van der Waals surface area contributed by atoms with Gasteiger partial charge in [-0.3, -0.25) is 4.79 Å². The van der Waals surface area contributed by atoms with Gasteiger partial charge in [-0.05, 0) is 34.5 Å². The Morgan fingerprint density at radius 1 is 1.59 bits per heavy atom. The van der Waals surface area contributed by atoms with E-state index in [1.165, 1.54) is 0 Å². The Hall–Kier alpha value is -1.43. The van der Waals surface area contributed by atoms with Crippen molar-refractivity contribution in [3.8, 4) is 0 Å². The third-order valence-corrected chi connectivity index (χ3v) is 2.82. The lowest BCUT2D eigenvalue weighted by Gasteiger charge is -2.13. The molecule has 0 spiro atoms. The molecule has 0 fully saturated rings. The van der Waals surface area contributed by atoms with Crippen molar-refractivity contribution in [3.63, 3.8) is 0 Å². The second kappa shape index (κ2) is 6.34. The van der Waals surface area contributed by atoms with E-state index in [9.17, 15) is 9.59 Å². The quantitative estimate of drug-likeness (QED) is 0.813. The Morgan fingerprint density at radius 3 is 2.82 bits per heavy atom. The highest BCUT2D eigenvalue weighted by atomic mass is 79.9. The Balaban J connectivity index is 2.77. The molecular formula is C11H13BrN2O3. The number of carbonyl (C=O) groups excluding carboxylic acids is 1. The van der Waals surface area contributed by atoms with Crippen LogP contribution >= 0.6 is 15.9 Å². The standard InChI is InChI=1S/C11H13BrN2O3/c1-2-4-8(11(16)17)14-10(15)7-5-3-6-13-9(7)12/h3,5-6,8H,2,4H2,1H3,(H,14,15)(H,16,17)/t8-/m0/s1. The summed E-state index contributed by atoms with van der Waals surface area (Å²) in [4.78, 5) is 26.6. The molecule has 0 unspecified atom stereocenters. The number of aliphatic carboxylic acids is 1. The smallest absolute Gasteiger partial charge is 0.326 e. The fourth-order valence-electron chi connectivity index (χ4n) is 1.34. The maximum Gasteiger partial charge on any atom is 0.326 e. The zero-order valence-corrected chi connectivity index (χ0v) is 10.9. The molecule has 0 saturated heterocycles. The summed E-state index contributed by atoms with van der Waals surface area (Å²) in [5.41, 5.74) is 0.329. The summed E-state index contributed by atoms with van der Waals surface area (Å²) in [7, 11) is 0. The molecule has 1 amide bonds. The maximum absolute atomic E-state index is 11.8. The maximum atomic E-state index is 11.8. The summed E-state index contributed by atoms with van der Waals surface area (Å²) in [6, 6.07) is 2.34. The summed E-state index contributed by atoms with van der Waals surface area (Å²) in [6.45, 7) is 1.86. The van der Waals surface area contributed by atoms with Crippen LogP contribution in [0.2, 0.25) is 0 Å². The Labute approximate surface area is 107 Å². The van der Waals surface area contributed by atoms with Gasteiger partial charge < -0.3 is 10.4 Å². The number of aromatic nitrogens is 1. The van der Waals surface area contributed by atoms with Crippen LogP contribution in [0.25, 0.3) is 0 Å². The van der Waals surface area contributed by atoms with E-state index < -0.39 is 17.9 Å². The van der Waals surface area contributed by atoms with Crippen molar-refractivity contribution in [2.45, 2.75) is 25.8 Å². The van der Waals surface area contributed by atoms with E-state index in [0.717, 1.165) is 0 Å². The van der Waals surface area contributed by atoms with Gasteiger partial charge in [0.05, 0.1) is 5.56 Å². The summed E-state index contributed by atoms with van der Waals surface area (Å²) < 4.78 is 0.401. The van der Waals surface area contributed by atoms with Crippen LogP contribution in [-0.2, 0) is 4.79 Å². The molecule has 1 rings (SSSR count). The average Bonchev–Trinajstić information content (AvgIpc) is 2.28. The van der Waals surface area contributed by atoms with Crippen molar-refractivity contribution in [2.24, 2.45) is 0 Å². The van der Waals surface area contributed by atoms with Crippen LogP contribution in [0.15, 0.2) is 22.9 Å². The molecule has 92 valence electrons. The lowest BCUT2D eigenvalue weighted by molar-refractivity contribution is -0.139. The minimum absolute atomic E-state index is 0.329. The minimum Gasteiger partial charge on any atom is -0.480 e. The van der Waals surface area contributed by atoms with Crippen LogP contribution in [0.1, 0.15) is 30.1 Å². The number of amides is 1. The van der Waals surface area contributed by atoms with Crippen LogP contribution in [0.4, 0.5) is 0 Å². The molecule has 1 atom stereocenters. The molecule has 0 bridgehead atoms. The zero-order chi connectivity index (χ0) is 12.8. The number of nitrogens with one attached hydrogen (secondary N) is 1. The van der Waals surface area contributed by atoms with Crippen molar-refractivity contribution in [1.82, 2.24) is 10.3 Å². The average molecular weight is 301 g/mol. The van der Waals surface area contributed by atoms with Crippen molar-refractivity contribution < 1.29 is 14.7 Å². The topological polar surface area (TPSA) is 79.3 Å². The number of carboxylic acid groups (broad SMARTS) is 1. The third kappa shape index (κ3) is 3.81. The Morgan fingerprint density at radius 2 is 2.29 bits per heavy atom. The molecule has 17 heavy (non-hydrogen) atoms. The van der Waals surface area contributed by atoms with Crippen LogP contribution < -0.4 is 5.32 Å². The summed E-state index contributed by atoms with van der Waals surface area (Å²) >= 11 is 3.14. The number of hydrogen-bond acceptors (Lipinski definition) is 3. The van der Waals surface area contributed by atoms with Crippen LogP contribution in [0.3, 0.4) is 0 Å². The van der Waals surface area contributed by atoms with Gasteiger partial charge in [-0.1, -0.05) is 13.3 Å². The van der Waals surface area contributed by atoms with Gasteiger partial charge in [0.2, 0.25) is 0 Å². The van der Waals surface area contributed by atoms with E-state index in [-0.39, 0.29) is 0 Å². The van der Waals surface area contributed by atoms with Crippen molar-refractivity contribution in [1.29, 1.82) is 0 Å². The Kier molecular flexibility index (Phi) is 5.09. The predicted octanol–water partition coefficient (Wildman–Crippen LogP) is 1.83. The molecule has 1 heterocycles. The van der Waals surface area contributed by atoms with E-state index in [0.29, 0.717) is 23.0 Å². The first-order chi connectivity index (χ1) is 8.06. The van der Waals surface area contributed by atoms with Crippen LogP contribution in [0.5, 0.6) is 0 Å². The zero-order valence-electron chi connectivity index (χ0n) is 9.31. The number of carbonyl (C=O) groups is 2. The van der Waals surface area contributed by atoms with Gasteiger partial charge in [-0.2, -0.15) is 0 Å². The predicted molar refractivity (Wildman–Crippen MR) is 65.7 cm³/mol. The van der Waals surface area contributed by atoms with Crippen LogP contribution in [-0.4, -0.2) is 28.0 Å². The molecule has 6 heteroatoms. The number of hydrogen-bond donors (Lipinski definition) is 2. The molecule has 0 radical (unpaired) electrons. The van der Waals surface area contributed by atoms with Gasteiger partial charge in [0.15, 0.2) is 0 Å². The highest BCUT2D eigenvalue weighted by molar-refractivity contribution is 9.10. The molecule has 0 aromatic carbocycles. The van der Waals surface area contributed by atoms with Crippen LogP contribution in [0, 0.1) is 0 Å². The van der Waals surface area contributed by atoms with Gasteiger partial charge in [0.25, 0.3) is 5.91 Å². The molecule has 0 aliphatic carbocycles. The Bertz CT molecular complexity index is 423. The monoisotopic (exact) mass is 300 g/mol. The second-order valence-corrected chi connectivity index (χ2v) is 4.25. The fraction of sp³-hybridized carbons (Fsp3) is 0.364. The van der Waals surface area contributed by atoms with Gasteiger partial charge >= 0.3 is 5.97 Å². The molecule has 0 saturated carbocycles. The van der Waals surface area contributed by atoms with E-state index in [1.807, 2.05) is 6.92 Å². The number of halogens is 1. The van der Waals surface area contributed by atoms with Crippen molar-refractivity contribution in [2.75, 3.05) is 0 Å². The number of carboxylic acids is 1. The SMILES string of the molecule is CCC[C@H](NC(=O)c1cccnc1Br)C(=O)O. The van der Waals surface area contributed by atoms with Gasteiger partial charge in [-0.25, -0.2) is 9.78 Å². The first kappa shape index (κ1) is 13.6. The molecule has 1 aromatic rings. The van der Waals surface area contributed by atoms with Gasteiger partial charge in [-0.15, -0.1) is 0 Å². The lowest BCUT2D eigenvalue weighted by atomic mass is 10.1. The van der Waals surface area contributed by atoms with E-state index in [2.05, 4.69) is 26.2 Å². The molecule has 1 aromatic heterocycles. The van der Waals surface area contributed by atoms with E-state index in [1.54, 1.807) is 18.3 Å². The highest BCUT2D eigenvalue weighted by Crippen LogP contribution is 2.12. The van der Waals surface area contributed by atoms with E-state index in [4.69, 9.17) is 5.11 Å². The number of rotatable bonds is 5. The summed E-state index contributed by atoms with van der Waals surface area (Å²) in [6.07, 6.45) is 2.63. The third-order valence-electron chi connectivity index (χ3n) is 2.18. The van der Waals surface area contributed by atoms with E-state index >= 15 is 0 Å². The van der Waals surface area contributed by atoms with Gasteiger partial charge in [0.1, 0.15) is 10.6 Å².